The Hall–Kier alpha value is -1.91. The molecule has 0 amide bonds. The molecule has 64 valence electrons. The molecule has 5 N–H and O–H groups in total. The number of hydrogen-bond donors (Lipinski definition) is 3. The van der Waals surface area contributed by atoms with Gasteiger partial charge < -0.3 is 21.3 Å². The molecule has 0 fully saturated rings. The van der Waals surface area contributed by atoms with Gasteiger partial charge in [0.15, 0.2) is 5.75 Å². The van der Waals surface area contributed by atoms with Crippen molar-refractivity contribution in [2.75, 3.05) is 11.5 Å². The van der Waals surface area contributed by atoms with E-state index < -0.39 is 6.16 Å². The molecule has 5 nitrogen and oxygen atoms in total. The number of hydrogen-bond acceptors (Lipinski definition) is 4. The Kier molecular flexibility index (Phi) is 2.05. The second-order valence-electron chi connectivity index (χ2n) is 2.17. The van der Waals surface area contributed by atoms with Crippen LogP contribution in [0.25, 0.3) is 0 Å². The van der Waals surface area contributed by atoms with E-state index in [1.807, 2.05) is 0 Å². The minimum atomic E-state index is -1.40. The van der Waals surface area contributed by atoms with Crippen molar-refractivity contribution in [2.45, 2.75) is 0 Å². The lowest BCUT2D eigenvalue weighted by molar-refractivity contribution is 0.144. The van der Waals surface area contributed by atoms with E-state index in [4.69, 9.17) is 16.6 Å². The Labute approximate surface area is 68.5 Å². The number of carboxylic acid groups (broad SMARTS) is 1. The van der Waals surface area contributed by atoms with E-state index in [2.05, 4.69) is 4.74 Å². The van der Waals surface area contributed by atoms with Crippen LogP contribution in [0.1, 0.15) is 0 Å². The number of nitrogen functional groups attached to an aromatic ring is 2. The van der Waals surface area contributed by atoms with Crippen LogP contribution in [-0.4, -0.2) is 11.3 Å². The standard InChI is InChI=1S/C7H8N2O3/c8-4-1-2-6(5(9)3-4)12-7(10)11/h1-3H,8-9H2,(H,10,11). The summed E-state index contributed by atoms with van der Waals surface area (Å²) in [5.41, 5.74) is 11.4. The van der Waals surface area contributed by atoms with Crippen LogP contribution in [-0.2, 0) is 0 Å². The quantitative estimate of drug-likeness (QED) is 0.329. The van der Waals surface area contributed by atoms with Crippen molar-refractivity contribution in [2.24, 2.45) is 0 Å². The Bertz CT molecular complexity index is 312. The molecule has 1 aromatic rings. The average molecular weight is 168 g/mol. The number of ether oxygens (including phenoxy) is 1. The lowest BCUT2D eigenvalue weighted by Crippen LogP contribution is -2.05. The zero-order chi connectivity index (χ0) is 9.14. The summed E-state index contributed by atoms with van der Waals surface area (Å²) in [6.45, 7) is 0. The lowest BCUT2D eigenvalue weighted by atomic mass is 10.2. The maximum Gasteiger partial charge on any atom is 0.511 e. The molecule has 0 radical (unpaired) electrons. The van der Waals surface area contributed by atoms with Crippen molar-refractivity contribution < 1.29 is 14.6 Å². The molecule has 0 heterocycles. The van der Waals surface area contributed by atoms with E-state index in [0.717, 1.165) is 0 Å². The van der Waals surface area contributed by atoms with Crippen LogP contribution in [0.4, 0.5) is 16.2 Å². The van der Waals surface area contributed by atoms with Crippen LogP contribution in [0.5, 0.6) is 5.75 Å². The summed E-state index contributed by atoms with van der Waals surface area (Å²) in [7, 11) is 0. The maximum atomic E-state index is 10.1. The van der Waals surface area contributed by atoms with Gasteiger partial charge in [-0.25, -0.2) is 4.79 Å². The predicted octanol–water partition coefficient (Wildman–Crippen LogP) is 0.908. The van der Waals surface area contributed by atoms with Crippen molar-refractivity contribution in [3.05, 3.63) is 18.2 Å². The van der Waals surface area contributed by atoms with Crippen LogP contribution in [0.15, 0.2) is 18.2 Å². The topological polar surface area (TPSA) is 98.6 Å². The molecule has 0 aliphatic rings. The molecule has 1 aromatic carbocycles. The summed E-state index contributed by atoms with van der Waals surface area (Å²) in [4.78, 5) is 10.1. The smallest absolute Gasteiger partial charge is 0.449 e. The van der Waals surface area contributed by atoms with Crippen LogP contribution in [0, 0.1) is 0 Å². The van der Waals surface area contributed by atoms with E-state index >= 15 is 0 Å². The van der Waals surface area contributed by atoms with Gasteiger partial charge in [0.2, 0.25) is 0 Å². The Morgan fingerprint density at radius 2 is 2.08 bits per heavy atom. The number of nitrogens with two attached hydrogens (primary N) is 2. The molecule has 0 bridgehead atoms. The third-order valence-corrected chi connectivity index (χ3v) is 1.23. The van der Waals surface area contributed by atoms with Crippen LogP contribution in [0.2, 0.25) is 0 Å². The summed E-state index contributed by atoms with van der Waals surface area (Å²) < 4.78 is 4.34. The summed E-state index contributed by atoms with van der Waals surface area (Å²) in [5, 5.41) is 8.25. The van der Waals surface area contributed by atoms with Gasteiger partial charge in [0.25, 0.3) is 0 Å². The van der Waals surface area contributed by atoms with Gasteiger partial charge >= 0.3 is 6.16 Å². The molecule has 1 rings (SSSR count). The molecule has 0 atom stereocenters. The minimum absolute atomic E-state index is 0.0942. The van der Waals surface area contributed by atoms with Crippen LogP contribution >= 0.6 is 0 Å². The molecule has 12 heavy (non-hydrogen) atoms. The highest BCUT2D eigenvalue weighted by Gasteiger charge is 2.04. The summed E-state index contributed by atoms with van der Waals surface area (Å²) in [5.74, 6) is 0.0942. The zero-order valence-electron chi connectivity index (χ0n) is 6.15. The largest absolute Gasteiger partial charge is 0.511 e. The van der Waals surface area contributed by atoms with E-state index in [1.54, 1.807) is 0 Å². The van der Waals surface area contributed by atoms with Gasteiger partial charge in [-0.2, -0.15) is 0 Å². The zero-order valence-corrected chi connectivity index (χ0v) is 6.15. The summed E-state index contributed by atoms with van der Waals surface area (Å²) in [6, 6.07) is 4.34. The van der Waals surface area contributed by atoms with Gasteiger partial charge in [-0.05, 0) is 18.2 Å². The monoisotopic (exact) mass is 168 g/mol. The number of anilines is 2. The second kappa shape index (κ2) is 3.00. The third-order valence-electron chi connectivity index (χ3n) is 1.23. The Morgan fingerprint density at radius 3 is 2.58 bits per heavy atom. The van der Waals surface area contributed by atoms with E-state index in [-0.39, 0.29) is 11.4 Å². The molecule has 0 saturated heterocycles. The molecule has 0 saturated carbocycles. The first-order valence-corrected chi connectivity index (χ1v) is 3.15. The van der Waals surface area contributed by atoms with Gasteiger partial charge in [0.1, 0.15) is 0 Å². The fourth-order valence-electron chi connectivity index (χ4n) is 0.754. The SMILES string of the molecule is Nc1ccc(OC(=O)O)c(N)c1. The third kappa shape index (κ3) is 1.79. The first-order valence-electron chi connectivity index (χ1n) is 3.15. The van der Waals surface area contributed by atoms with Gasteiger partial charge in [-0.1, -0.05) is 0 Å². The summed E-state index contributed by atoms with van der Waals surface area (Å²) >= 11 is 0. The number of carbonyl (C=O) groups is 1. The summed E-state index contributed by atoms with van der Waals surface area (Å²) in [6.07, 6.45) is -1.40. The van der Waals surface area contributed by atoms with Gasteiger partial charge in [0.05, 0.1) is 5.69 Å². The van der Waals surface area contributed by atoms with Crippen molar-refractivity contribution >= 4 is 17.5 Å². The van der Waals surface area contributed by atoms with Crippen LogP contribution in [0.3, 0.4) is 0 Å². The Balaban J connectivity index is 2.93. The van der Waals surface area contributed by atoms with Gasteiger partial charge in [-0.15, -0.1) is 0 Å². The lowest BCUT2D eigenvalue weighted by Gasteiger charge is -2.03. The van der Waals surface area contributed by atoms with Crippen molar-refractivity contribution in [1.29, 1.82) is 0 Å². The highest BCUT2D eigenvalue weighted by atomic mass is 16.7. The molecule has 0 aliphatic carbocycles. The van der Waals surface area contributed by atoms with Gasteiger partial charge in [-0.3, -0.25) is 0 Å². The molecule has 0 aliphatic heterocycles. The average Bonchev–Trinajstić information content (AvgIpc) is 1.94. The molecule has 0 spiro atoms. The first-order chi connectivity index (χ1) is 5.59. The molecule has 5 heteroatoms. The minimum Gasteiger partial charge on any atom is -0.449 e. The first kappa shape index (κ1) is 8.19. The highest BCUT2D eigenvalue weighted by Crippen LogP contribution is 2.23. The molecular weight excluding hydrogens is 160 g/mol. The second-order valence-corrected chi connectivity index (χ2v) is 2.17. The molecule has 0 aromatic heterocycles. The van der Waals surface area contributed by atoms with E-state index in [9.17, 15) is 4.79 Å². The maximum absolute atomic E-state index is 10.1. The van der Waals surface area contributed by atoms with Crippen molar-refractivity contribution in [3.8, 4) is 5.75 Å². The highest BCUT2D eigenvalue weighted by molar-refractivity contribution is 5.68. The van der Waals surface area contributed by atoms with E-state index in [1.165, 1.54) is 18.2 Å². The van der Waals surface area contributed by atoms with Gasteiger partial charge in [0, 0.05) is 5.69 Å². The number of rotatable bonds is 1. The normalized spacial score (nSPS) is 9.33. The van der Waals surface area contributed by atoms with Crippen molar-refractivity contribution in [1.82, 2.24) is 0 Å². The van der Waals surface area contributed by atoms with Crippen molar-refractivity contribution in [3.63, 3.8) is 0 Å². The predicted molar refractivity (Wildman–Crippen MR) is 43.9 cm³/mol. The molecular formula is C7H8N2O3. The number of benzene rings is 1. The Morgan fingerprint density at radius 1 is 1.42 bits per heavy atom. The van der Waals surface area contributed by atoms with E-state index in [0.29, 0.717) is 5.69 Å². The fraction of sp³-hybridized carbons (Fsp3) is 0. The van der Waals surface area contributed by atoms with Crippen LogP contribution < -0.4 is 16.2 Å². The molecule has 0 unspecified atom stereocenters. The fourth-order valence-corrected chi connectivity index (χ4v) is 0.754.